The van der Waals surface area contributed by atoms with Gasteiger partial charge in [0.1, 0.15) is 19.0 Å². The molecular weight excluding hydrogens is 468 g/mol. The molecule has 1 fully saturated rings. The number of amides is 1. The van der Waals surface area contributed by atoms with Crippen LogP contribution in [0.15, 0.2) is 41.3 Å². The number of ether oxygens (including phenoxy) is 3. The SMILES string of the molecule is COc1ccc(Cl)cc1CN(C)C(=O)C1CCN(S(=O)(=O)c2ccc3c(c2)OCCO3)CC1. The lowest BCUT2D eigenvalue weighted by atomic mass is 9.96. The van der Waals surface area contributed by atoms with Gasteiger partial charge in [-0.25, -0.2) is 8.42 Å². The van der Waals surface area contributed by atoms with Gasteiger partial charge in [-0.1, -0.05) is 11.6 Å². The lowest BCUT2D eigenvalue weighted by Crippen LogP contribution is -2.43. The van der Waals surface area contributed by atoms with Crippen LogP contribution in [0.5, 0.6) is 17.2 Å². The van der Waals surface area contributed by atoms with Crippen LogP contribution in [-0.2, 0) is 21.4 Å². The van der Waals surface area contributed by atoms with E-state index in [2.05, 4.69) is 0 Å². The Kier molecular flexibility index (Phi) is 7.02. The van der Waals surface area contributed by atoms with Gasteiger partial charge in [-0.15, -0.1) is 0 Å². The molecule has 0 saturated carbocycles. The molecule has 0 radical (unpaired) electrons. The van der Waals surface area contributed by atoms with E-state index in [1.165, 1.54) is 16.4 Å². The van der Waals surface area contributed by atoms with Crippen LogP contribution < -0.4 is 14.2 Å². The number of hydrogen-bond donors (Lipinski definition) is 0. The van der Waals surface area contributed by atoms with Crippen LogP contribution >= 0.6 is 11.6 Å². The predicted molar refractivity (Wildman–Crippen MR) is 123 cm³/mol. The van der Waals surface area contributed by atoms with Gasteiger partial charge in [0.15, 0.2) is 11.5 Å². The van der Waals surface area contributed by atoms with Crippen molar-refractivity contribution in [2.24, 2.45) is 5.92 Å². The second-order valence-corrected chi connectivity index (χ2v) is 10.5. The first kappa shape index (κ1) is 23.7. The normalized spacial score (nSPS) is 16.9. The highest BCUT2D eigenvalue weighted by molar-refractivity contribution is 7.89. The molecule has 2 aromatic rings. The number of sulfonamides is 1. The first-order valence-electron chi connectivity index (χ1n) is 10.8. The summed E-state index contributed by atoms with van der Waals surface area (Å²) in [6, 6.07) is 9.96. The molecule has 2 aliphatic rings. The molecule has 33 heavy (non-hydrogen) atoms. The van der Waals surface area contributed by atoms with Crippen molar-refractivity contribution in [3.05, 3.63) is 47.0 Å². The van der Waals surface area contributed by atoms with Crippen molar-refractivity contribution in [3.63, 3.8) is 0 Å². The van der Waals surface area contributed by atoms with Gasteiger partial charge in [-0.3, -0.25) is 4.79 Å². The molecule has 0 unspecified atom stereocenters. The summed E-state index contributed by atoms with van der Waals surface area (Å²) in [7, 11) is -0.373. The number of halogens is 1. The number of hydrogen-bond acceptors (Lipinski definition) is 6. The Balaban J connectivity index is 1.39. The molecule has 0 aromatic heterocycles. The minimum Gasteiger partial charge on any atom is -0.496 e. The van der Waals surface area contributed by atoms with Gasteiger partial charge in [0, 0.05) is 49.3 Å². The van der Waals surface area contributed by atoms with Gasteiger partial charge in [0.25, 0.3) is 0 Å². The number of methoxy groups -OCH3 is 1. The number of carbonyl (C=O) groups is 1. The van der Waals surface area contributed by atoms with Gasteiger partial charge >= 0.3 is 0 Å². The van der Waals surface area contributed by atoms with Gasteiger partial charge in [0.2, 0.25) is 15.9 Å². The highest BCUT2D eigenvalue weighted by Gasteiger charge is 2.34. The molecule has 8 nitrogen and oxygen atoms in total. The Labute approximate surface area is 199 Å². The van der Waals surface area contributed by atoms with E-state index in [0.717, 1.165) is 5.56 Å². The van der Waals surface area contributed by atoms with Crippen LogP contribution in [0, 0.1) is 5.92 Å². The number of benzene rings is 2. The first-order chi connectivity index (χ1) is 15.8. The van der Waals surface area contributed by atoms with E-state index in [1.54, 1.807) is 43.3 Å². The van der Waals surface area contributed by atoms with E-state index >= 15 is 0 Å². The fraction of sp³-hybridized carbons (Fsp3) is 0.435. The number of fused-ring (bicyclic) bond motifs is 1. The predicted octanol–water partition coefficient (Wildman–Crippen LogP) is 3.18. The zero-order valence-corrected chi connectivity index (χ0v) is 20.2. The van der Waals surface area contributed by atoms with Crippen LogP contribution in [0.1, 0.15) is 18.4 Å². The Morgan fingerprint density at radius 1 is 1.12 bits per heavy atom. The molecule has 2 aliphatic heterocycles. The number of piperidine rings is 1. The number of carbonyl (C=O) groups excluding carboxylic acids is 1. The molecule has 10 heteroatoms. The third kappa shape index (κ3) is 5.05. The van der Waals surface area contributed by atoms with Crippen LogP contribution in [0.4, 0.5) is 0 Å². The quantitative estimate of drug-likeness (QED) is 0.613. The first-order valence-corrected chi connectivity index (χ1v) is 12.6. The highest BCUT2D eigenvalue weighted by atomic mass is 35.5. The van der Waals surface area contributed by atoms with Gasteiger partial charge in [-0.05, 0) is 43.2 Å². The average molecular weight is 495 g/mol. The Morgan fingerprint density at radius 3 is 2.52 bits per heavy atom. The minimum atomic E-state index is -3.69. The number of rotatable bonds is 6. The molecule has 1 amide bonds. The maximum atomic E-state index is 13.1. The summed E-state index contributed by atoms with van der Waals surface area (Å²) in [5.41, 5.74) is 0.819. The molecule has 0 N–H and O–H groups in total. The van der Waals surface area contributed by atoms with Crippen molar-refractivity contribution in [3.8, 4) is 17.2 Å². The Bertz CT molecular complexity index is 1130. The Hall–Kier alpha value is -2.49. The van der Waals surface area contributed by atoms with Gasteiger partial charge < -0.3 is 19.1 Å². The van der Waals surface area contributed by atoms with E-state index in [9.17, 15) is 13.2 Å². The third-order valence-electron chi connectivity index (χ3n) is 5.98. The van der Waals surface area contributed by atoms with Gasteiger partial charge in [-0.2, -0.15) is 4.31 Å². The summed E-state index contributed by atoms with van der Waals surface area (Å²) in [6.07, 6.45) is 0.916. The van der Waals surface area contributed by atoms with Crippen molar-refractivity contribution in [2.45, 2.75) is 24.3 Å². The maximum absolute atomic E-state index is 13.1. The molecule has 2 aromatic carbocycles. The summed E-state index contributed by atoms with van der Waals surface area (Å²) in [5.74, 6) is 1.38. The lowest BCUT2D eigenvalue weighted by molar-refractivity contribution is -0.135. The van der Waals surface area contributed by atoms with Crippen LogP contribution in [0.2, 0.25) is 5.02 Å². The molecule has 0 spiro atoms. The second-order valence-electron chi connectivity index (χ2n) is 8.13. The van der Waals surface area contributed by atoms with E-state index in [0.29, 0.717) is 54.9 Å². The molecule has 0 atom stereocenters. The summed E-state index contributed by atoms with van der Waals surface area (Å²) in [4.78, 5) is 14.8. The smallest absolute Gasteiger partial charge is 0.243 e. The summed E-state index contributed by atoms with van der Waals surface area (Å²) >= 11 is 6.10. The second kappa shape index (κ2) is 9.79. The minimum absolute atomic E-state index is 0.0200. The van der Waals surface area contributed by atoms with Crippen LogP contribution in [0.25, 0.3) is 0 Å². The van der Waals surface area contributed by atoms with Crippen molar-refractivity contribution in [2.75, 3.05) is 40.5 Å². The zero-order chi connectivity index (χ0) is 23.6. The van der Waals surface area contributed by atoms with Crippen LogP contribution in [0.3, 0.4) is 0 Å². The third-order valence-corrected chi connectivity index (χ3v) is 8.11. The molecule has 2 heterocycles. The topological polar surface area (TPSA) is 85.4 Å². The molecule has 0 bridgehead atoms. The average Bonchev–Trinajstić information content (AvgIpc) is 2.83. The monoisotopic (exact) mass is 494 g/mol. The number of nitrogens with zero attached hydrogens (tertiary/aromatic N) is 2. The van der Waals surface area contributed by atoms with E-state index in [-0.39, 0.29) is 29.8 Å². The zero-order valence-electron chi connectivity index (χ0n) is 18.6. The molecular formula is C23H27ClN2O6S. The van der Waals surface area contributed by atoms with Crippen molar-refractivity contribution in [1.29, 1.82) is 0 Å². The maximum Gasteiger partial charge on any atom is 0.243 e. The summed E-state index contributed by atoms with van der Waals surface area (Å²) in [5, 5.41) is 0.573. The van der Waals surface area contributed by atoms with E-state index in [4.69, 9.17) is 25.8 Å². The van der Waals surface area contributed by atoms with Crippen molar-refractivity contribution < 1.29 is 27.4 Å². The summed E-state index contributed by atoms with van der Waals surface area (Å²) in [6.45, 7) is 1.75. The summed E-state index contributed by atoms with van der Waals surface area (Å²) < 4.78 is 44.1. The molecule has 1 saturated heterocycles. The highest BCUT2D eigenvalue weighted by Crippen LogP contribution is 2.34. The van der Waals surface area contributed by atoms with Crippen molar-refractivity contribution in [1.82, 2.24) is 9.21 Å². The van der Waals surface area contributed by atoms with Gasteiger partial charge in [0.05, 0.1) is 12.0 Å². The van der Waals surface area contributed by atoms with E-state index in [1.807, 2.05) is 0 Å². The molecule has 4 rings (SSSR count). The van der Waals surface area contributed by atoms with Crippen LogP contribution in [-0.4, -0.2) is 64.0 Å². The van der Waals surface area contributed by atoms with E-state index < -0.39 is 10.0 Å². The lowest BCUT2D eigenvalue weighted by Gasteiger charge is -2.33. The fourth-order valence-electron chi connectivity index (χ4n) is 4.19. The molecule has 178 valence electrons. The Morgan fingerprint density at radius 2 is 1.82 bits per heavy atom. The fourth-order valence-corrected chi connectivity index (χ4v) is 5.87. The van der Waals surface area contributed by atoms with Crippen molar-refractivity contribution >= 4 is 27.5 Å². The molecule has 0 aliphatic carbocycles. The largest absolute Gasteiger partial charge is 0.496 e. The standard InChI is InChI=1S/C23H27ClN2O6S/c1-25(15-17-13-18(24)3-5-20(17)30-2)23(27)16-7-9-26(10-8-16)33(28,29)19-4-6-21-22(14-19)32-12-11-31-21/h3-6,13-14,16H,7-12,15H2,1-2H3.